The van der Waals surface area contributed by atoms with Gasteiger partial charge in [-0.25, -0.2) is 17.8 Å². The van der Waals surface area contributed by atoms with Gasteiger partial charge in [-0.3, -0.25) is 14.2 Å². The fourth-order valence-corrected chi connectivity index (χ4v) is 4.57. The number of aromatic nitrogens is 2. The summed E-state index contributed by atoms with van der Waals surface area (Å²) in [5, 5.41) is 2.63. The van der Waals surface area contributed by atoms with Crippen molar-refractivity contribution >= 4 is 21.5 Å². The summed E-state index contributed by atoms with van der Waals surface area (Å²) >= 11 is 0. The lowest BCUT2D eigenvalue weighted by molar-refractivity contribution is 0.0938. The van der Waals surface area contributed by atoms with Gasteiger partial charge in [-0.1, -0.05) is 43.0 Å². The quantitative estimate of drug-likeness (QED) is 0.492. The van der Waals surface area contributed by atoms with Gasteiger partial charge >= 0.3 is 0 Å². The summed E-state index contributed by atoms with van der Waals surface area (Å²) in [6.45, 7) is 4.11. The first kappa shape index (κ1) is 25.1. The Morgan fingerprint density at radius 3 is 2.69 bits per heavy atom. The Hall–Kier alpha value is -3.99. The number of hydrogen-bond acceptors (Lipinski definition) is 7. The second-order valence-corrected chi connectivity index (χ2v) is 10.4. The molecule has 1 aromatic heterocycles. The summed E-state index contributed by atoms with van der Waals surface area (Å²) in [6.07, 6.45) is 1.04. The van der Waals surface area contributed by atoms with Gasteiger partial charge in [-0.2, -0.15) is 0 Å². The number of nitrogens with one attached hydrogen (secondary N) is 1. The minimum absolute atomic E-state index is 0.0330. The number of carbonyl (C=O) groups excluding carboxylic acids is 1. The van der Waals surface area contributed by atoms with Crippen LogP contribution >= 0.6 is 0 Å². The highest BCUT2D eigenvalue weighted by Crippen LogP contribution is 2.21. The average Bonchev–Trinajstić information content (AvgIpc) is 2.83. The van der Waals surface area contributed by atoms with Gasteiger partial charge in [0.15, 0.2) is 27.1 Å². The van der Waals surface area contributed by atoms with Crippen LogP contribution in [0.2, 0.25) is 0 Å². The van der Waals surface area contributed by atoms with Gasteiger partial charge in [-0.05, 0) is 28.8 Å². The molecule has 0 aliphatic carbocycles. The third-order valence-corrected chi connectivity index (χ3v) is 6.27. The van der Waals surface area contributed by atoms with E-state index in [1.54, 1.807) is 0 Å². The lowest BCUT2D eigenvalue weighted by atomic mass is 10.1. The predicted molar refractivity (Wildman–Crippen MR) is 130 cm³/mol. The van der Waals surface area contributed by atoms with E-state index in [0.29, 0.717) is 5.56 Å². The number of benzene rings is 2. The molecule has 4 rings (SSSR count). The summed E-state index contributed by atoms with van der Waals surface area (Å²) in [6, 6.07) is 12.8. The van der Waals surface area contributed by atoms with Crippen LogP contribution in [-0.2, 0) is 40.0 Å². The van der Waals surface area contributed by atoms with Gasteiger partial charge in [0, 0.05) is 12.8 Å². The van der Waals surface area contributed by atoms with Crippen LogP contribution < -0.4 is 15.6 Å². The number of carbonyl (C=O) groups is 1. The van der Waals surface area contributed by atoms with Crippen molar-refractivity contribution < 1.29 is 27.1 Å². The first-order valence-electron chi connectivity index (χ1n) is 11.0. The van der Waals surface area contributed by atoms with Gasteiger partial charge < -0.3 is 14.8 Å². The van der Waals surface area contributed by atoms with Crippen LogP contribution in [0.1, 0.15) is 33.0 Å². The van der Waals surface area contributed by atoms with Gasteiger partial charge in [0.2, 0.25) is 5.75 Å². The monoisotopic (exact) mass is 513 g/mol. The minimum Gasteiger partial charge on any atom is -0.488 e. The summed E-state index contributed by atoms with van der Waals surface area (Å²) < 4.78 is 49.8. The van der Waals surface area contributed by atoms with Crippen molar-refractivity contribution in [3.8, 4) is 5.75 Å². The molecule has 0 atom stereocenters. The molecule has 0 radical (unpaired) electrons. The smallest absolute Gasteiger partial charge is 0.297 e. The SMILES string of the molecule is C=C1OCCn2c1nc(C(=O)NCc1ccc(F)cc1CS(C)(=O)=O)c(OCc1ccccc1)c2=O. The van der Waals surface area contributed by atoms with E-state index in [-0.39, 0.29) is 54.9 Å². The molecule has 0 saturated carbocycles. The van der Waals surface area contributed by atoms with Crippen molar-refractivity contribution in [3.63, 3.8) is 0 Å². The Bertz CT molecular complexity index is 1490. The van der Waals surface area contributed by atoms with Gasteiger partial charge in [0.1, 0.15) is 19.0 Å². The van der Waals surface area contributed by atoms with Crippen molar-refractivity contribution in [1.29, 1.82) is 0 Å². The zero-order valence-corrected chi connectivity index (χ0v) is 20.3. The minimum atomic E-state index is -3.45. The number of ether oxygens (including phenoxy) is 2. The third kappa shape index (κ3) is 5.80. The number of sulfone groups is 1. The zero-order valence-electron chi connectivity index (χ0n) is 19.5. The van der Waals surface area contributed by atoms with Crippen molar-refractivity contribution in [2.75, 3.05) is 12.9 Å². The van der Waals surface area contributed by atoms with E-state index in [2.05, 4.69) is 16.9 Å². The van der Waals surface area contributed by atoms with E-state index in [0.717, 1.165) is 17.9 Å². The molecule has 0 fully saturated rings. The van der Waals surface area contributed by atoms with Crippen LogP contribution in [-0.4, -0.2) is 36.7 Å². The van der Waals surface area contributed by atoms with Crippen LogP contribution in [0.25, 0.3) is 5.76 Å². The fourth-order valence-electron chi connectivity index (χ4n) is 3.74. The maximum atomic E-state index is 13.7. The van der Waals surface area contributed by atoms with Crippen LogP contribution in [0.3, 0.4) is 0 Å². The maximum absolute atomic E-state index is 13.7. The molecule has 2 aromatic carbocycles. The third-order valence-electron chi connectivity index (χ3n) is 5.43. The molecule has 11 heteroatoms. The lowest BCUT2D eigenvalue weighted by Gasteiger charge is -2.22. The van der Waals surface area contributed by atoms with E-state index >= 15 is 0 Å². The normalized spacial score (nSPS) is 13.0. The highest BCUT2D eigenvalue weighted by molar-refractivity contribution is 7.89. The number of amides is 1. The van der Waals surface area contributed by atoms with Crippen molar-refractivity contribution in [2.45, 2.75) is 25.4 Å². The van der Waals surface area contributed by atoms with E-state index in [1.807, 2.05) is 30.3 Å². The Kier molecular flexibility index (Phi) is 7.20. The van der Waals surface area contributed by atoms with E-state index < -0.39 is 32.9 Å². The van der Waals surface area contributed by atoms with Crippen molar-refractivity contribution in [1.82, 2.24) is 14.9 Å². The standard InChI is InChI=1S/C25H24FN3O6S/c1-16-23-28-21(24(30)27-13-18-8-9-20(26)12-19(18)15-36(2,32)33)22(25(31)29(23)10-11-34-16)35-14-17-6-4-3-5-7-17/h3-9,12H,1,10-11,13-15H2,2H3,(H,27,30). The lowest BCUT2D eigenvalue weighted by Crippen LogP contribution is -2.35. The molecule has 1 N–H and O–H groups in total. The highest BCUT2D eigenvalue weighted by atomic mass is 32.2. The number of fused-ring (bicyclic) bond motifs is 1. The largest absolute Gasteiger partial charge is 0.488 e. The van der Waals surface area contributed by atoms with E-state index in [9.17, 15) is 22.4 Å². The van der Waals surface area contributed by atoms with Crippen LogP contribution in [0.5, 0.6) is 5.75 Å². The Morgan fingerprint density at radius 1 is 1.22 bits per heavy atom. The first-order chi connectivity index (χ1) is 17.1. The Morgan fingerprint density at radius 2 is 1.97 bits per heavy atom. The second kappa shape index (κ2) is 10.3. The van der Waals surface area contributed by atoms with Crippen LogP contribution in [0.15, 0.2) is 59.9 Å². The average molecular weight is 514 g/mol. The molecular formula is C25H24FN3O6S. The van der Waals surface area contributed by atoms with Gasteiger partial charge in [-0.15, -0.1) is 0 Å². The Labute approximate surface area is 207 Å². The van der Waals surface area contributed by atoms with E-state index in [4.69, 9.17) is 9.47 Å². The molecule has 2 heterocycles. The molecule has 1 aliphatic rings. The topological polar surface area (TPSA) is 117 Å². The maximum Gasteiger partial charge on any atom is 0.297 e. The summed E-state index contributed by atoms with van der Waals surface area (Å²) in [5.74, 6) is -1.68. The zero-order chi connectivity index (χ0) is 25.9. The molecule has 188 valence electrons. The molecule has 0 unspecified atom stereocenters. The first-order valence-corrected chi connectivity index (χ1v) is 13.1. The second-order valence-electron chi connectivity index (χ2n) is 8.28. The van der Waals surface area contributed by atoms with Crippen LogP contribution in [0.4, 0.5) is 4.39 Å². The number of rotatable bonds is 8. The molecule has 36 heavy (non-hydrogen) atoms. The molecule has 1 amide bonds. The van der Waals surface area contributed by atoms with Crippen molar-refractivity contribution in [2.24, 2.45) is 0 Å². The number of hydrogen-bond donors (Lipinski definition) is 1. The molecule has 0 saturated heterocycles. The summed E-state index contributed by atoms with van der Waals surface area (Å²) in [4.78, 5) is 30.8. The molecule has 1 aliphatic heterocycles. The fraction of sp³-hybridized carbons (Fsp3) is 0.240. The van der Waals surface area contributed by atoms with Gasteiger partial charge in [0.25, 0.3) is 11.5 Å². The highest BCUT2D eigenvalue weighted by Gasteiger charge is 2.27. The summed E-state index contributed by atoms with van der Waals surface area (Å²) in [7, 11) is -3.45. The number of halogens is 1. The van der Waals surface area contributed by atoms with Crippen molar-refractivity contribution in [3.05, 3.63) is 99.5 Å². The number of nitrogens with zero attached hydrogens (tertiary/aromatic N) is 2. The van der Waals surface area contributed by atoms with Gasteiger partial charge in [0.05, 0.1) is 12.3 Å². The van der Waals surface area contributed by atoms with E-state index in [1.165, 1.54) is 16.7 Å². The molecule has 0 spiro atoms. The summed E-state index contributed by atoms with van der Waals surface area (Å²) in [5.41, 5.74) is 0.601. The molecular weight excluding hydrogens is 489 g/mol. The molecule has 3 aromatic rings. The molecule has 9 nitrogen and oxygen atoms in total. The molecule has 0 bridgehead atoms. The Balaban J connectivity index is 1.65. The van der Waals surface area contributed by atoms with Crippen LogP contribution in [0, 0.1) is 5.82 Å². The predicted octanol–water partition coefficient (Wildman–Crippen LogP) is 2.44.